The summed E-state index contributed by atoms with van der Waals surface area (Å²) >= 11 is 0. The Morgan fingerprint density at radius 3 is 1.77 bits per heavy atom. The molecule has 3 nitrogen and oxygen atoms in total. The van der Waals surface area contributed by atoms with Crippen LogP contribution in [0.1, 0.15) is 22.3 Å². The van der Waals surface area contributed by atoms with Crippen LogP contribution in [0.2, 0.25) is 0 Å². The lowest BCUT2D eigenvalue weighted by Gasteiger charge is -2.34. The predicted molar refractivity (Wildman–Crippen MR) is 213 cm³/mol. The molecule has 2 heterocycles. The van der Waals surface area contributed by atoms with E-state index in [0.29, 0.717) is 0 Å². The molecule has 0 spiro atoms. The van der Waals surface area contributed by atoms with E-state index in [1.807, 2.05) is 12.1 Å². The molecule has 8 aromatic carbocycles. The summed E-state index contributed by atoms with van der Waals surface area (Å²) in [4.78, 5) is 2.32. The van der Waals surface area contributed by atoms with Crippen LogP contribution in [0.25, 0.3) is 55.0 Å². The van der Waals surface area contributed by atoms with Crippen molar-refractivity contribution in [1.82, 2.24) is 0 Å². The van der Waals surface area contributed by atoms with Crippen molar-refractivity contribution < 1.29 is 8.83 Å². The van der Waals surface area contributed by atoms with Crippen molar-refractivity contribution in [1.29, 1.82) is 0 Å². The number of rotatable bonds is 5. The Balaban J connectivity index is 1.19. The molecule has 52 heavy (non-hydrogen) atoms. The van der Waals surface area contributed by atoms with Gasteiger partial charge < -0.3 is 13.7 Å². The molecule has 3 heteroatoms. The Labute approximate surface area is 300 Å². The maximum atomic E-state index is 6.68. The molecule has 0 N–H and O–H groups in total. The summed E-state index contributed by atoms with van der Waals surface area (Å²) in [6.07, 6.45) is 0. The predicted octanol–water partition coefficient (Wildman–Crippen LogP) is 13.3. The van der Waals surface area contributed by atoms with Crippen LogP contribution in [0.4, 0.5) is 17.1 Å². The van der Waals surface area contributed by atoms with Crippen LogP contribution in [0, 0.1) is 0 Å². The molecule has 244 valence electrons. The Morgan fingerprint density at radius 1 is 0.365 bits per heavy atom. The Morgan fingerprint density at radius 2 is 0.981 bits per heavy atom. The number of hydrogen-bond donors (Lipinski definition) is 0. The molecule has 1 aliphatic carbocycles. The molecule has 2 aromatic heterocycles. The van der Waals surface area contributed by atoms with Gasteiger partial charge in [-0.1, -0.05) is 127 Å². The van der Waals surface area contributed by atoms with Crippen LogP contribution >= 0.6 is 0 Å². The first-order valence-electron chi connectivity index (χ1n) is 17.8. The highest BCUT2D eigenvalue weighted by atomic mass is 16.3. The second-order valence-corrected chi connectivity index (χ2v) is 13.6. The maximum Gasteiger partial charge on any atom is 0.137 e. The van der Waals surface area contributed by atoms with Gasteiger partial charge >= 0.3 is 0 Å². The molecule has 0 saturated heterocycles. The lowest BCUT2D eigenvalue weighted by molar-refractivity contribution is 0.668. The van der Waals surface area contributed by atoms with Crippen molar-refractivity contribution in [2.45, 2.75) is 5.41 Å². The molecule has 0 amide bonds. The number of hydrogen-bond acceptors (Lipinski definition) is 3. The Hall–Kier alpha value is -6.84. The normalized spacial score (nSPS) is 13.2. The third-order valence-electron chi connectivity index (χ3n) is 10.9. The molecule has 0 aliphatic heterocycles. The van der Waals surface area contributed by atoms with Crippen molar-refractivity contribution in [2.24, 2.45) is 0 Å². The van der Waals surface area contributed by atoms with Gasteiger partial charge in [0.05, 0.1) is 16.5 Å². The van der Waals surface area contributed by atoms with Crippen LogP contribution < -0.4 is 4.90 Å². The average Bonchev–Trinajstić information content (AvgIpc) is 3.87. The largest absolute Gasteiger partial charge is 0.456 e. The molecule has 0 saturated carbocycles. The second kappa shape index (κ2) is 11.1. The molecule has 10 aromatic rings. The lowest BCUT2D eigenvalue weighted by Crippen LogP contribution is -2.28. The zero-order valence-electron chi connectivity index (χ0n) is 28.2. The van der Waals surface area contributed by atoms with Crippen molar-refractivity contribution in [3.8, 4) is 11.1 Å². The van der Waals surface area contributed by atoms with Gasteiger partial charge in [0.2, 0.25) is 0 Å². The van der Waals surface area contributed by atoms with Crippen molar-refractivity contribution in [3.63, 3.8) is 0 Å². The quantitative estimate of drug-likeness (QED) is 0.183. The van der Waals surface area contributed by atoms with Gasteiger partial charge in [-0.3, -0.25) is 0 Å². The first-order valence-corrected chi connectivity index (χ1v) is 17.8. The van der Waals surface area contributed by atoms with Gasteiger partial charge in [0, 0.05) is 33.6 Å². The summed E-state index contributed by atoms with van der Waals surface area (Å²) in [6, 6.07) is 67.2. The van der Waals surface area contributed by atoms with Gasteiger partial charge in [0.25, 0.3) is 0 Å². The van der Waals surface area contributed by atoms with Gasteiger partial charge in [-0.2, -0.15) is 0 Å². The van der Waals surface area contributed by atoms with Gasteiger partial charge in [-0.25, -0.2) is 0 Å². The first-order chi connectivity index (χ1) is 25.8. The lowest BCUT2D eigenvalue weighted by atomic mass is 9.67. The number of anilines is 3. The van der Waals surface area contributed by atoms with Gasteiger partial charge in [-0.05, 0) is 88.0 Å². The second-order valence-electron chi connectivity index (χ2n) is 13.6. The fraction of sp³-hybridized carbons (Fsp3) is 0.0204. The standard InChI is InChI=1S/C49H31NO2/c1-3-14-32(15-4-1)49(41-21-10-7-18-36(41)37-19-8-11-22-42(37)49)33-26-29-45-40(30-33)48-43(23-13-25-46(48)51-45)50(34-16-5-2-6-17-34)35-27-28-39-38-20-9-12-24-44(38)52-47(39)31-35/h1-31H. The highest BCUT2D eigenvalue weighted by molar-refractivity contribution is 6.14. The van der Waals surface area contributed by atoms with Gasteiger partial charge in [0.1, 0.15) is 22.3 Å². The van der Waals surface area contributed by atoms with E-state index in [2.05, 4.69) is 181 Å². The molecule has 0 radical (unpaired) electrons. The number of fused-ring (bicyclic) bond motifs is 9. The smallest absolute Gasteiger partial charge is 0.137 e. The summed E-state index contributed by atoms with van der Waals surface area (Å²) in [5.41, 5.74) is 13.6. The molecular weight excluding hydrogens is 635 g/mol. The third kappa shape index (κ3) is 4.02. The number of benzene rings is 8. The molecule has 0 bridgehead atoms. The van der Waals surface area contributed by atoms with E-state index < -0.39 is 5.41 Å². The Bertz CT molecular complexity index is 2930. The van der Waals surface area contributed by atoms with Crippen LogP contribution in [0.5, 0.6) is 0 Å². The summed E-state index contributed by atoms with van der Waals surface area (Å²) in [5.74, 6) is 0. The third-order valence-corrected chi connectivity index (χ3v) is 10.9. The molecule has 11 rings (SSSR count). The van der Waals surface area contributed by atoms with E-state index in [1.165, 1.54) is 33.4 Å². The summed E-state index contributed by atoms with van der Waals surface area (Å²) < 4.78 is 13.1. The molecule has 1 aliphatic rings. The van der Waals surface area contributed by atoms with Crippen LogP contribution in [-0.4, -0.2) is 0 Å². The molecular formula is C49H31NO2. The van der Waals surface area contributed by atoms with E-state index in [-0.39, 0.29) is 0 Å². The summed E-state index contributed by atoms with van der Waals surface area (Å²) in [7, 11) is 0. The molecule has 0 unspecified atom stereocenters. The first kappa shape index (κ1) is 28.9. The molecule has 0 atom stereocenters. The fourth-order valence-electron chi connectivity index (χ4n) is 8.80. The van der Waals surface area contributed by atoms with E-state index >= 15 is 0 Å². The van der Waals surface area contributed by atoms with E-state index in [4.69, 9.17) is 8.83 Å². The topological polar surface area (TPSA) is 29.5 Å². The van der Waals surface area contributed by atoms with E-state index in [9.17, 15) is 0 Å². The minimum absolute atomic E-state index is 0.507. The highest BCUT2D eigenvalue weighted by Crippen LogP contribution is 2.56. The number of para-hydroxylation sites is 2. The maximum absolute atomic E-state index is 6.68. The Kier molecular flexibility index (Phi) is 6.17. The van der Waals surface area contributed by atoms with Crippen LogP contribution in [0.15, 0.2) is 197 Å². The summed E-state index contributed by atoms with van der Waals surface area (Å²) in [5, 5.41) is 4.36. The van der Waals surface area contributed by atoms with Crippen molar-refractivity contribution >= 4 is 60.9 Å². The van der Waals surface area contributed by atoms with Crippen LogP contribution in [-0.2, 0) is 5.41 Å². The zero-order chi connectivity index (χ0) is 34.2. The van der Waals surface area contributed by atoms with Gasteiger partial charge in [-0.15, -0.1) is 0 Å². The van der Waals surface area contributed by atoms with Gasteiger partial charge in [0.15, 0.2) is 0 Å². The minimum Gasteiger partial charge on any atom is -0.456 e. The summed E-state index contributed by atoms with van der Waals surface area (Å²) in [6.45, 7) is 0. The van der Waals surface area contributed by atoms with E-state index in [1.54, 1.807) is 0 Å². The zero-order valence-corrected chi connectivity index (χ0v) is 28.2. The minimum atomic E-state index is -0.507. The highest BCUT2D eigenvalue weighted by Gasteiger charge is 2.46. The number of furan rings is 2. The van der Waals surface area contributed by atoms with Crippen molar-refractivity contribution in [3.05, 3.63) is 210 Å². The SMILES string of the molecule is c1ccc(N(c2ccc3c(c2)oc2ccccc23)c2cccc3oc4ccc(C5(c6ccccc6)c6ccccc6-c6ccccc65)cc4c23)cc1. The fourth-order valence-corrected chi connectivity index (χ4v) is 8.80. The monoisotopic (exact) mass is 665 g/mol. The van der Waals surface area contributed by atoms with E-state index in [0.717, 1.165) is 60.9 Å². The average molecular weight is 666 g/mol. The van der Waals surface area contributed by atoms with Crippen LogP contribution in [0.3, 0.4) is 0 Å². The molecule has 0 fully saturated rings. The number of nitrogens with zero attached hydrogens (tertiary/aromatic N) is 1. The van der Waals surface area contributed by atoms with Crippen molar-refractivity contribution in [2.75, 3.05) is 4.90 Å².